The van der Waals surface area contributed by atoms with Gasteiger partial charge < -0.3 is 4.74 Å². The Kier molecular flexibility index (Phi) is 9.32. The van der Waals surface area contributed by atoms with Gasteiger partial charge in [0.05, 0.1) is 6.61 Å². The van der Waals surface area contributed by atoms with Gasteiger partial charge >= 0.3 is 5.97 Å². The number of carbonyl (C=O) groups is 1. The zero-order chi connectivity index (χ0) is 5.70. The molecule has 0 aliphatic rings. The predicted octanol–water partition coefficient (Wildman–Crippen LogP) is 1.02. The molecule has 0 fully saturated rings. The van der Waals surface area contributed by atoms with Crippen molar-refractivity contribution >= 4 is 15.9 Å². The monoisotopic (exact) mass is 136 g/mol. The molecule has 0 rings (SSSR count). The molecule has 0 aromatic heterocycles. The zero-order valence-electron chi connectivity index (χ0n) is 5.44. The van der Waals surface area contributed by atoms with E-state index < -0.39 is 0 Å². The van der Waals surface area contributed by atoms with Crippen molar-refractivity contribution in [1.29, 1.82) is 0 Å². The van der Waals surface area contributed by atoms with Crippen LogP contribution in [0.3, 0.4) is 0 Å². The van der Waals surface area contributed by atoms with Crippen LogP contribution in [-0.4, -0.2) is 12.6 Å². The van der Waals surface area contributed by atoms with Gasteiger partial charge in [0.15, 0.2) is 0 Å². The molecule has 50 valence electrons. The highest BCUT2D eigenvalue weighted by Crippen LogP contribution is 1.80. The molecule has 0 aliphatic heterocycles. The fourth-order valence-corrected chi connectivity index (χ4v) is 0.263. The molecule has 1 unspecified atom stereocenters. The Hall–Kier alpha value is -0.100. The summed E-state index contributed by atoms with van der Waals surface area (Å²) in [6, 6.07) is 0. The van der Waals surface area contributed by atoms with E-state index in [1.807, 2.05) is 0 Å². The smallest absolute Gasteiger partial charge is 0.305 e. The van der Waals surface area contributed by atoms with E-state index in [-0.39, 0.29) is 15.9 Å². The number of esters is 1. The normalized spacial score (nSPS) is 7.25. The van der Waals surface area contributed by atoms with E-state index in [9.17, 15) is 4.79 Å². The first-order chi connectivity index (χ1) is 3.31. The van der Waals surface area contributed by atoms with E-state index in [0.717, 1.165) is 0 Å². The fraction of sp³-hybridized carbons (Fsp3) is 0.800. The minimum atomic E-state index is -0.123. The van der Waals surface area contributed by atoms with Crippen molar-refractivity contribution < 1.29 is 9.53 Å². The third-order valence-corrected chi connectivity index (χ3v) is 0.594. The van der Waals surface area contributed by atoms with Gasteiger partial charge in [0.1, 0.15) is 0 Å². The van der Waals surface area contributed by atoms with Crippen LogP contribution < -0.4 is 0 Å². The van der Waals surface area contributed by atoms with Crippen LogP contribution in [-0.2, 0) is 9.53 Å². The summed E-state index contributed by atoms with van der Waals surface area (Å²) in [5, 5.41) is 0. The maximum atomic E-state index is 10.2. The van der Waals surface area contributed by atoms with Crippen LogP contribution in [0.2, 0.25) is 0 Å². The molecular formula is C5H13O2P. The van der Waals surface area contributed by atoms with Gasteiger partial charge in [0.2, 0.25) is 0 Å². The lowest BCUT2D eigenvalue weighted by atomic mass is 10.5. The molecular weight excluding hydrogens is 123 g/mol. The average molecular weight is 136 g/mol. The maximum absolute atomic E-state index is 10.2. The van der Waals surface area contributed by atoms with E-state index in [2.05, 4.69) is 4.74 Å². The highest BCUT2D eigenvalue weighted by molar-refractivity contribution is 6.92. The lowest BCUT2D eigenvalue weighted by Crippen LogP contribution is -2.00. The van der Waals surface area contributed by atoms with Gasteiger partial charge in [-0.3, -0.25) is 4.79 Å². The summed E-state index contributed by atoms with van der Waals surface area (Å²) in [4.78, 5) is 10.2. The van der Waals surface area contributed by atoms with Crippen molar-refractivity contribution in [2.75, 3.05) is 6.61 Å². The van der Waals surface area contributed by atoms with E-state index in [1.165, 1.54) is 0 Å². The van der Waals surface area contributed by atoms with Crippen molar-refractivity contribution in [3.63, 3.8) is 0 Å². The second kappa shape index (κ2) is 6.90. The van der Waals surface area contributed by atoms with Crippen LogP contribution in [0, 0.1) is 0 Å². The Morgan fingerprint density at radius 3 is 2.12 bits per heavy atom. The molecule has 0 aromatic carbocycles. The van der Waals surface area contributed by atoms with Crippen LogP contribution >= 0.6 is 9.90 Å². The molecule has 0 aromatic rings. The summed E-state index contributed by atoms with van der Waals surface area (Å²) in [7, 11) is 0. The lowest BCUT2D eigenvalue weighted by Gasteiger charge is -1.93. The van der Waals surface area contributed by atoms with Crippen LogP contribution in [0.15, 0.2) is 0 Å². The standard InChI is InChI=1S/C5H10O2.H3P/c1-3-5(6)7-4-2;/h3-4H2,1-2H3;1H3. The van der Waals surface area contributed by atoms with Gasteiger partial charge in [-0.25, -0.2) is 0 Å². The maximum Gasteiger partial charge on any atom is 0.305 e. The quantitative estimate of drug-likeness (QED) is 0.418. The van der Waals surface area contributed by atoms with E-state index >= 15 is 0 Å². The third kappa shape index (κ3) is 5.90. The van der Waals surface area contributed by atoms with E-state index in [1.54, 1.807) is 13.8 Å². The number of hydrogen-bond donors (Lipinski definition) is 0. The summed E-state index contributed by atoms with van der Waals surface area (Å²) in [5.41, 5.74) is 0. The molecule has 0 saturated heterocycles. The summed E-state index contributed by atoms with van der Waals surface area (Å²) in [5.74, 6) is -0.123. The lowest BCUT2D eigenvalue weighted by molar-refractivity contribution is -0.142. The minimum absolute atomic E-state index is 0. The number of ether oxygens (including phenoxy) is 1. The molecule has 0 aliphatic carbocycles. The average Bonchev–Trinajstić information content (AvgIpc) is 1.68. The van der Waals surface area contributed by atoms with Crippen molar-refractivity contribution in [2.45, 2.75) is 20.3 Å². The number of hydrogen-bond acceptors (Lipinski definition) is 2. The molecule has 0 saturated carbocycles. The third-order valence-electron chi connectivity index (χ3n) is 0.594. The van der Waals surface area contributed by atoms with Gasteiger partial charge in [-0.15, -0.1) is 0 Å². The van der Waals surface area contributed by atoms with Gasteiger partial charge in [0.25, 0.3) is 0 Å². The topological polar surface area (TPSA) is 26.3 Å². The van der Waals surface area contributed by atoms with E-state index in [4.69, 9.17) is 0 Å². The zero-order valence-corrected chi connectivity index (χ0v) is 6.85. The van der Waals surface area contributed by atoms with Crippen molar-refractivity contribution in [3.8, 4) is 0 Å². The fourth-order valence-electron chi connectivity index (χ4n) is 0.263. The van der Waals surface area contributed by atoms with Crippen LogP contribution in [0.25, 0.3) is 0 Å². The molecule has 0 amide bonds. The Balaban J connectivity index is 0. The van der Waals surface area contributed by atoms with Gasteiger partial charge in [0, 0.05) is 6.42 Å². The SMILES string of the molecule is CCOC(=O)CC.P. The Labute approximate surface area is 53.2 Å². The Morgan fingerprint density at radius 1 is 1.50 bits per heavy atom. The molecule has 0 spiro atoms. The summed E-state index contributed by atoms with van der Waals surface area (Å²) in [6.07, 6.45) is 0.480. The van der Waals surface area contributed by atoms with Gasteiger partial charge in [-0.05, 0) is 6.92 Å². The first-order valence-electron chi connectivity index (χ1n) is 2.46. The van der Waals surface area contributed by atoms with E-state index in [0.29, 0.717) is 13.0 Å². The summed E-state index contributed by atoms with van der Waals surface area (Å²) >= 11 is 0. The number of carbonyl (C=O) groups excluding carboxylic acids is 1. The first kappa shape index (κ1) is 10.8. The molecule has 8 heavy (non-hydrogen) atoms. The second-order valence-corrected chi connectivity index (χ2v) is 1.16. The van der Waals surface area contributed by atoms with Crippen LogP contribution in [0.5, 0.6) is 0 Å². The van der Waals surface area contributed by atoms with Crippen LogP contribution in [0.1, 0.15) is 20.3 Å². The largest absolute Gasteiger partial charge is 0.466 e. The Bertz CT molecular complexity index is 63.4. The summed E-state index contributed by atoms with van der Waals surface area (Å²) < 4.78 is 4.55. The highest BCUT2D eigenvalue weighted by atomic mass is 31.0. The molecule has 0 radical (unpaired) electrons. The molecule has 1 atom stereocenters. The molecule has 2 nitrogen and oxygen atoms in total. The molecule has 0 heterocycles. The molecule has 3 heteroatoms. The first-order valence-corrected chi connectivity index (χ1v) is 2.46. The Morgan fingerprint density at radius 2 is 2.00 bits per heavy atom. The van der Waals surface area contributed by atoms with Gasteiger partial charge in [-0.2, -0.15) is 9.90 Å². The van der Waals surface area contributed by atoms with Crippen LogP contribution in [0.4, 0.5) is 0 Å². The second-order valence-electron chi connectivity index (χ2n) is 1.16. The van der Waals surface area contributed by atoms with Gasteiger partial charge in [-0.1, -0.05) is 6.92 Å². The molecule has 0 bridgehead atoms. The molecule has 0 N–H and O–H groups in total. The number of rotatable bonds is 2. The predicted molar refractivity (Wildman–Crippen MR) is 38.0 cm³/mol. The highest BCUT2D eigenvalue weighted by Gasteiger charge is 1.91. The van der Waals surface area contributed by atoms with Crippen molar-refractivity contribution in [3.05, 3.63) is 0 Å². The summed E-state index contributed by atoms with van der Waals surface area (Å²) in [6.45, 7) is 4.07. The minimum Gasteiger partial charge on any atom is -0.466 e. The van der Waals surface area contributed by atoms with Crippen molar-refractivity contribution in [1.82, 2.24) is 0 Å². The van der Waals surface area contributed by atoms with Crippen molar-refractivity contribution in [2.24, 2.45) is 0 Å².